The fourth-order valence-electron chi connectivity index (χ4n) is 4.06. The van der Waals surface area contributed by atoms with Crippen LogP contribution in [0.3, 0.4) is 0 Å². The number of nitrogens with two attached hydrogens (primary N) is 1. The Hall–Kier alpha value is -0.0700. The molecule has 4 unspecified atom stereocenters. The molecular weight excluding hydrogens is 361 g/mol. The van der Waals surface area contributed by atoms with Crippen LogP contribution in [0, 0.1) is 11.3 Å². The van der Waals surface area contributed by atoms with Gasteiger partial charge in [-0.15, -0.1) is 24.8 Å². The molecule has 1 amide bonds. The highest BCUT2D eigenvalue weighted by Gasteiger charge is 2.62. The zero-order valence-electron chi connectivity index (χ0n) is 16.3. The fourth-order valence-corrected chi connectivity index (χ4v) is 4.06. The summed E-state index contributed by atoms with van der Waals surface area (Å²) in [5, 5.41) is 3.14. The maximum Gasteiger partial charge on any atom is 0.241 e. The average Bonchev–Trinajstić information content (AvgIpc) is 2.46. The lowest BCUT2D eigenvalue weighted by Gasteiger charge is -2.57. The van der Waals surface area contributed by atoms with Crippen molar-refractivity contribution in [2.24, 2.45) is 17.1 Å². The molecule has 5 nitrogen and oxygen atoms in total. The highest BCUT2D eigenvalue weighted by molar-refractivity contribution is 5.89. The minimum atomic E-state index is -0.823. The fraction of sp³-hybridized carbons (Fsp3) is 0.944. The van der Waals surface area contributed by atoms with Gasteiger partial charge in [-0.05, 0) is 39.2 Å². The zero-order chi connectivity index (χ0) is 17.3. The first kappa shape index (κ1) is 24.9. The summed E-state index contributed by atoms with van der Waals surface area (Å²) in [4.78, 5) is 15.2. The van der Waals surface area contributed by atoms with Crippen molar-refractivity contribution in [3.63, 3.8) is 0 Å². The van der Waals surface area contributed by atoms with Gasteiger partial charge in [-0.3, -0.25) is 4.79 Å². The van der Waals surface area contributed by atoms with Gasteiger partial charge >= 0.3 is 0 Å². The van der Waals surface area contributed by atoms with Crippen LogP contribution in [-0.2, 0) is 9.53 Å². The van der Waals surface area contributed by atoms with E-state index in [0.717, 1.165) is 25.6 Å². The first-order valence-corrected chi connectivity index (χ1v) is 9.14. The number of carbonyl (C=O) groups is 1. The number of hydrogen-bond acceptors (Lipinski definition) is 4. The molecule has 0 aromatic carbocycles. The minimum absolute atomic E-state index is 0. The van der Waals surface area contributed by atoms with Crippen molar-refractivity contribution in [1.29, 1.82) is 0 Å². The standard InChI is InChI=1S/C18H35N3O2.2ClH/c1-6-23-15-10-18(19,17(15,4)5)16(22)20-14(3)12-21-9-7-8-13(2)11-21;;/h13-15H,6-12,19H2,1-5H3,(H,20,22);2*1H. The van der Waals surface area contributed by atoms with E-state index >= 15 is 0 Å². The number of likely N-dealkylation sites (tertiary alicyclic amines) is 1. The zero-order valence-corrected chi connectivity index (χ0v) is 18.0. The van der Waals surface area contributed by atoms with E-state index in [0.29, 0.717) is 13.0 Å². The van der Waals surface area contributed by atoms with Crippen molar-refractivity contribution in [1.82, 2.24) is 10.2 Å². The Kier molecular flexibility index (Phi) is 9.72. The predicted molar refractivity (Wildman–Crippen MR) is 108 cm³/mol. The van der Waals surface area contributed by atoms with Crippen molar-refractivity contribution in [3.05, 3.63) is 0 Å². The number of hydrogen-bond donors (Lipinski definition) is 2. The van der Waals surface area contributed by atoms with E-state index in [1.165, 1.54) is 12.8 Å². The number of nitrogens with zero attached hydrogens (tertiary/aromatic N) is 1. The van der Waals surface area contributed by atoms with Crippen molar-refractivity contribution >= 4 is 30.7 Å². The molecule has 0 spiro atoms. The van der Waals surface area contributed by atoms with Crippen molar-refractivity contribution in [2.45, 2.75) is 71.6 Å². The van der Waals surface area contributed by atoms with Crippen LogP contribution in [0.25, 0.3) is 0 Å². The molecule has 2 rings (SSSR count). The second-order valence-electron chi connectivity index (χ2n) is 8.22. The maximum atomic E-state index is 12.7. The third kappa shape index (κ3) is 5.23. The predicted octanol–water partition coefficient (Wildman–Crippen LogP) is 2.60. The van der Waals surface area contributed by atoms with Crippen LogP contribution in [0.5, 0.6) is 0 Å². The number of amides is 1. The lowest BCUT2D eigenvalue weighted by atomic mass is 9.54. The molecule has 150 valence electrons. The van der Waals surface area contributed by atoms with Crippen LogP contribution in [0.1, 0.15) is 53.9 Å². The minimum Gasteiger partial charge on any atom is -0.378 e. The summed E-state index contributed by atoms with van der Waals surface area (Å²) in [6, 6.07) is 0.121. The summed E-state index contributed by atoms with van der Waals surface area (Å²) in [6.45, 7) is 14.3. The van der Waals surface area contributed by atoms with Crippen molar-refractivity contribution in [3.8, 4) is 0 Å². The lowest BCUT2D eigenvalue weighted by molar-refractivity contribution is -0.171. The summed E-state index contributed by atoms with van der Waals surface area (Å²) >= 11 is 0. The number of nitrogens with one attached hydrogen (secondary N) is 1. The molecule has 4 atom stereocenters. The van der Waals surface area contributed by atoms with Gasteiger partial charge in [-0.1, -0.05) is 20.8 Å². The largest absolute Gasteiger partial charge is 0.378 e. The third-order valence-corrected chi connectivity index (χ3v) is 5.89. The van der Waals surface area contributed by atoms with Gasteiger partial charge in [-0.25, -0.2) is 0 Å². The highest BCUT2D eigenvalue weighted by Crippen LogP contribution is 2.49. The molecule has 1 aliphatic heterocycles. The second kappa shape index (κ2) is 9.75. The molecule has 3 N–H and O–H groups in total. The molecule has 7 heteroatoms. The number of carbonyl (C=O) groups excluding carboxylic acids is 1. The maximum absolute atomic E-state index is 12.7. The van der Waals surface area contributed by atoms with Gasteiger partial charge in [0.15, 0.2) is 0 Å². The Balaban J connectivity index is 0.00000288. The number of piperidine rings is 1. The molecule has 0 bridgehead atoms. The molecule has 0 radical (unpaired) electrons. The molecule has 0 aromatic rings. The first-order chi connectivity index (χ1) is 10.7. The van der Waals surface area contributed by atoms with Gasteiger partial charge in [-0.2, -0.15) is 0 Å². The molecule has 1 aliphatic carbocycles. The SMILES string of the molecule is CCOC1CC(N)(C(=O)NC(C)CN2CCCC(C)C2)C1(C)C.Cl.Cl. The Bertz CT molecular complexity index is 437. The molecule has 1 saturated carbocycles. The van der Waals surface area contributed by atoms with E-state index < -0.39 is 5.54 Å². The lowest BCUT2D eigenvalue weighted by Crippen LogP contribution is -2.76. The van der Waals surface area contributed by atoms with Crippen LogP contribution in [0.15, 0.2) is 0 Å². The number of halogens is 2. The summed E-state index contributed by atoms with van der Waals surface area (Å²) in [7, 11) is 0. The van der Waals surface area contributed by atoms with Gasteiger partial charge in [0.25, 0.3) is 0 Å². The molecular formula is C18H37Cl2N3O2. The number of rotatable bonds is 6. The van der Waals surface area contributed by atoms with Gasteiger partial charge in [0.2, 0.25) is 5.91 Å². The van der Waals surface area contributed by atoms with E-state index in [2.05, 4.69) is 24.1 Å². The molecule has 2 fully saturated rings. The Morgan fingerprint density at radius 1 is 1.40 bits per heavy atom. The molecule has 1 saturated heterocycles. The normalized spacial score (nSPS) is 32.6. The molecule has 1 heterocycles. The molecule has 25 heavy (non-hydrogen) atoms. The van der Waals surface area contributed by atoms with E-state index in [1.807, 2.05) is 20.8 Å². The van der Waals surface area contributed by atoms with Crippen LogP contribution < -0.4 is 11.1 Å². The molecule has 2 aliphatic rings. The Morgan fingerprint density at radius 3 is 2.56 bits per heavy atom. The summed E-state index contributed by atoms with van der Waals surface area (Å²) in [5.41, 5.74) is 5.29. The van der Waals surface area contributed by atoms with E-state index in [4.69, 9.17) is 10.5 Å². The van der Waals surface area contributed by atoms with Crippen LogP contribution in [0.4, 0.5) is 0 Å². The van der Waals surface area contributed by atoms with Crippen molar-refractivity contribution in [2.75, 3.05) is 26.2 Å². The molecule has 0 aromatic heterocycles. The van der Waals surface area contributed by atoms with E-state index in [9.17, 15) is 4.79 Å². The second-order valence-corrected chi connectivity index (χ2v) is 8.22. The van der Waals surface area contributed by atoms with Crippen LogP contribution in [0.2, 0.25) is 0 Å². The first-order valence-electron chi connectivity index (χ1n) is 9.14. The van der Waals surface area contributed by atoms with Gasteiger partial charge in [0.05, 0.1) is 6.10 Å². The van der Waals surface area contributed by atoms with E-state index in [-0.39, 0.29) is 48.3 Å². The Morgan fingerprint density at radius 2 is 2.04 bits per heavy atom. The third-order valence-electron chi connectivity index (χ3n) is 5.89. The highest BCUT2D eigenvalue weighted by atomic mass is 35.5. The Labute approximate surface area is 165 Å². The summed E-state index contributed by atoms with van der Waals surface area (Å²) < 4.78 is 5.71. The summed E-state index contributed by atoms with van der Waals surface area (Å²) in [5.74, 6) is 0.723. The van der Waals surface area contributed by atoms with Gasteiger partial charge in [0, 0.05) is 37.6 Å². The quantitative estimate of drug-likeness (QED) is 0.722. The topological polar surface area (TPSA) is 67.6 Å². The van der Waals surface area contributed by atoms with Crippen LogP contribution in [-0.4, -0.2) is 54.7 Å². The van der Waals surface area contributed by atoms with Gasteiger partial charge < -0.3 is 20.7 Å². The average molecular weight is 398 g/mol. The monoisotopic (exact) mass is 397 g/mol. The van der Waals surface area contributed by atoms with Gasteiger partial charge in [0.1, 0.15) is 5.54 Å². The van der Waals surface area contributed by atoms with Crippen LogP contribution >= 0.6 is 24.8 Å². The smallest absolute Gasteiger partial charge is 0.241 e. The summed E-state index contributed by atoms with van der Waals surface area (Å²) in [6.07, 6.45) is 3.25. The van der Waals surface area contributed by atoms with Crippen molar-refractivity contribution < 1.29 is 9.53 Å². The van der Waals surface area contributed by atoms with E-state index in [1.54, 1.807) is 0 Å². The number of ether oxygens (including phenoxy) is 1.